The highest BCUT2D eigenvalue weighted by molar-refractivity contribution is 8.26. The number of thioether (sulfide) groups is 1. The number of thiocarbonyl (C=S) groups is 1. The highest BCUT2D eigenvalue weighted by atomic mass is 32.2. The van der Waals surface area contributed by atoms with Crippen molar-refractivity contribution in [3.63, 3.8) is 0 Å². The van der Waals surface area contributed by atoms with Crippen LogP contribution in [0.25, 0.3) is 11.7 Å². The maximum absolute atomic E-state index is 13.5. The Morgan fingerprint density at radius 2 is 1.97 bits per heavy atom. The topological polar surface area (TPSA) is 89.1 Å². The Hall–Kier alpha value is -3.89. The minimum Gasteiger partial charge on any atom is -0.497 e. The molecule has 182 valence electrons. The maximum atomic E-state index is 13.5. The van der Waals surface area contributed by atoms with Crippen molar-refractivity contribution in [2.75, 3.05) is 12.4 Å². The number of rotatable bonds is 7. The van der Waals surface area contributed by atoms with Crippen LogP contribution in [0.4, 0.5) is 5.82 Å². The predicted molar refractivity (Wildman–Crippen MR) is 144 cm³/mol. The van der Waals surface area contributed by atoms with E-state index < -0.39 is 0 Å². The van der Waals surface area contributed by atoms with E-state index in [4.69, 9.17) is 26.4 Å². The fourth-order valence-corrected chi connectivity index (χ4v) is 5.08. The molecule has 0 atom stereocenters. The Morgan fingerprint density at radius 1 is 1.17 bits per heavy atom. The maximum Gasteiger partial charge on any atom is 0.267 e. The second kappa shape index (κ2) is 10.00. The number of hydrogen-bond donors (Lipinski definition) is 1. The van der Waals surface area contributed by atoms with Gasteiger partial charge in [0.25, 0.3) is 11.5 Å². The van der Waals surface area contributed by atoms with Gasteiger partial charge in [-0.15, -0.1) is 0 Å². The Bertz CT molecular complexity index is 1540. The van der Waals surface area contributed by atoms with E-state index in [2.05, 4.69) is 5.32 Å². The lowest BCUT2D eigenvalue weighted by Crippen LogP contribution is -2.27. The summed E-state index contributed by atoms with van der Waals surface area (Å²) in [7, 11) is 1.60. The van der Waals surface area contributed by atoms with Gasteiger partial charge in [0.05, 0.1) is 36.9 Å². The van der Waals surface area contributed by atoms with Crippen molar-refractivity contribution < 1.29 is 13.9 Å². The first-order chi connectivity index (χ1) is 17.4. The summed E-state index contributed by atoms with van der Waals surface area (Å²) in [6.45, 7) is 2.55. The van der Waals surface area contributed by atoms with E-state index in [-0.39, 0.29) is 17.0 Å². The molecular weight excluding hydrogens is 496 g/mol. The number of methoxy groups -OCH3 is 1. The van der Waals surface area contributed by atoms with Gasteiger partial charge >= 0.3 is 0 Å². The third kappa shape index (κ3) is 4.65. The van der Waals surface area contributed by atoms with Crippen LogP contribution < -0.4 is 15.6 Å². The second-order valence-corrected chi connectivity index (χ2v) is 9.79. The van der Waals surface area contributed by atoms with Crippen LogP contribution in [0, 0.1) is 6.92 Å². The molecule has 0 radical (unpaired) electrons. The van der Waals surface area contributed by atoms with Crippen LogP contribution in [0.1, 0.15) is 22.5 Å². The van der Waals surface area contributed by atoms with Gasteiger partial charge in [0.2, 0.25) is 0 Å². The van der Waals surface area contributed by atoms with Crippen LogP contribution in [0.15, 0.2) is 75.1 Å². The number of amides is 1. The SMILES string of the molecule is COc1ccc(CN2C(=O)C(=Cc3c(NCc4ccco4)nc4c(C)cccn4c3=O)SC2=S)cc1. The number of carbonyl (C=O) groups excluding carboxylic acids is 1. The number of aromatic nitrogens is 2. The molecule has 4 aromatic rings. The first kappa shape index (κ1) is 23.8. The normalized spacial score (nSPS) is 14.7. The zero-order valence-corrected chi connectivity index (χ0v) is 21.2. The smallest absolute Gasteiger partial charge is 0.267 e. The van der Waals surface area contributed by atoms with Gasteiger partial charge in [0.15, 0.2) is 0 Å². The van der Waals surface area contributed by atoms with Gasteiger partial charge in [-0.3, -0.25) is 18.9 Å². The lowest BCUT2D eigenvalue weighted by molar-refractivity contribution is -0.122. The quantitative estimate of drug-likeness (QED) is 0.280. The molecule has 0 unspecified atom stereocenters. The molecule has 10 heteroatoms. The van der Waals surface area contributed by atoms with E-state index in [1.807, 2.05) is 43.3 Å². The average Bonchev–Trinajstić information content (AvgIpc) is 3.49. The van der Waals surface area contributed by atoms with Crippen LogP contribution in [0.3, 0.4) is 0 Å². The number of carbonyl (C=O) groups is 1. The second-order valence-electron chi connectivity index (χ2n) is 8.11. The summed E-state index contributed by atoms with van der Waals surface area (Å²) in [5.41, 5.74) is 2.29. The molecule has 1 aliphatic rings. The third-order valence-corrected chi connectivity index (χ3v) is 7.12. The van der Waals surface area contributed by atoms with Crippen LogP contribution in [-0.2, 0) is 17.9 Å². The fraction of sp³-hybridized carbons (Fsp3) is 0.154. The Kier molecular flexibility index (Phi) is 6.62. The van der Waals surface area contributed by atoms with Gasteiger partial charge < -0.3 is 14.5 Å². The molecule has 1 aromatic carbocycles. The first-order valence-electron chi connectivity index (χ1n) is 11.1. The van der Waals surface area contributed by atoms with Gasteiger partial charge in [0, 0.05) is 6.20 Å². The van der Waals surface area contributed by atoms with Gasteiger partial charge in [0.1, 0.15) is 27.3 Å². The van der Waals surface area contributed by atoms with Gasteiger partial charge in [-0.05, 0) is 54.5 Å². The van der Waals surface area contributed by atoms with Crippen LogP contribution in [0.5, 0.6) is 5.75 Å². The van der Waals surface area contributed by atoms with E-state index in [1.54, 1.807) is 37.8 Å². The van der Waals surface area contributed by atoms with E-state index in [1.165, 1.54) is 21.1 Å². The van der Waals surface area contributed by atoms with Crippen molar-refractivity contribution in [2.24, 2.45) is 0 Å². The lowest BCUT2D eigenvalue weighted by Gasteiger charge is -2.14. The van der Waals surface area contributed by atoms with Gasteiger partial charge in [-0.1, -0.05) is 42.2 Å². The number of nitrogens with zero attached hydrogens (tertiary/aromatic N) is 3. The molecule has 3 aromatic heterocycles. The molecule has 1 N–H and O–H groups in total. The number of hydrogen-bond acceptors (Lipinski definition) is 8. The molecule has 0 spiro atoms. The average molecular weight is 519 g/mol. The van der Waals surface area contributed by atoms with Crippen LogP contribution in [0.2, 0.25) is 0 Å². The standard InChI is InChI=1S/C26H22N4O4S2/c1-16-5-3-11-29-23(16)28-22(27-14-19-6-4-12-34-19)20(24(29)31)13-21-25(32)30(26(35)36-21)15-17-7-9-18(33-2)10-8-17/h3-13,27H,14-15H2,1-2H3. The summed E-state index contributed by atoms with van der Waals surface area (Å²) in [6, 6.07) is 14.8. The van der Waals surface area contributed by atoms with Gasteiger partial charge in [-0.2, -0.15) is 0 Å². The molecule has 4 heterocycles. The van der Waals surface area contributed by atoms with E-state index in [0.29, 0.717) is 39.5 Å². The highest BCUT2D eigenvalue weighted by Crippen LogP contribution is 2.34. The molecule has 0 saturated carbocycles. The first-order valence-corrected chi connectivity index (χ1v) is 12.3. The molecule has 36 heavy (non-hydrogen) atoms. The highest BCUT2D eigenvalue weighted by Gasteiger charge is 2.32. The van der Waals surface area contributed by atoms with Gasteiger partial charge in [-0.25, -0.2) is 4.98 Å². The zero-order chi connectivity index (χ0) is 25.2. The summed E-state index contributed by atoms with van der Waals surface area (Å²) in [6.07, 6.45) is 4.82. The number of pyridine rings is 1. The van der Waals surface area contributed by atoms with Crippen molar-refractivity contribution >= 4 is 51.7 Å². The van der Waals surface area contributed by atoms with Crippen molar-refractivity contribution in [1.82, 2.24) is 14.3 Å². The Labute approximate surface area is 216 Å². The summed E-state index contributed by atoms with van der Waals surface area (Å²) < 4.78 is 12.5. The summed E-state index contributed by atoms with van der Waals surface area (Å²) in [5.74, 6) is 1.54. The fourth-order valence-electron chi connectivity index (χ4n) is 3.84. The zero-order valence-electron chi connectivity index (χ0n) is 19.6. The molecule has 0 bridgehead atoms. The molecule has 1 saturated heterocycles. The summed E-state index contributed by atoms with van der Waals surface area (Å²) >= 11 is 6.67. The molecule has 1 aliphatic heterocycles. The van der Waals surface area contributed by atoms with Crippen LogP contribution >= 0.6 is 24.0 Å². The molecule has 5 rings (SSSR count). The number of fused-ring (bicyclic) bond motifs is 1. The summed E-state index contributed by atoms with van der Waals surface area (Å²) in [5, 5.41) is 3.20. The summed E-state index contributed by atoms with van der Waals surface area (Å²) in [4.78, 5) is 33.4. The number of nitrogens with one attached hydrogen (secondary N) is 1. The van der Waals surface area contributed by atoms with Crippen molar-refractivity contribution in [3.05, 3.63) is 98.7 Å². The third-order valence-electron chi connectivity index (χ3n) is 5.74. The largest absolute Gasteiger partial charge is 0.497 e. The van der Waals surface area contributed by atoms with Crippen molar-refractivity contribution in [3.8, 4) is 5.75 Å². The Balaban J connectivity index is 1.50. The number of benzene rings is 1. The van der Waals surface area contributed by atoms with Crippen molar-refractivity contribution in [1.29, 1.82) is 0 Å². The number of aryl methyl sites for hydroxylation is 1. The monoisotopic (exact) mass is 518 g/mol. The molecule has 0 aliphatic carbocycles. The minimum absolute atomic E-state index is 0.258. The number of furan rings is 1. The number of anilines is 1. The predicted octanol–water partition coefficient (Wildman–Crippen LogP) is 4.62. The molecule has 1 amide bonds. The van der Waals surface area contributed by atoms with E-state index >= 15 is 0 Å². The van der Waals surface area contributed by atoms with Crippen LogP contribution in [-0.4, -0.2) is 31.6 Å². The Morgan fingerprint density at radius 3 is 2.69 bits per heavy atom. The molecular formula is C26H22N4O4S2. The molecule has 8 nitrogen and oxygen atoms in total. The number of ether oxygens (including phenoxy) is 1. The molecule has 1 fully saturated rings. The van der Waals surface area contributed by atoms with E-state index in [0.717, 1.165) is 16.9 Å². The van der Waals surface area contributed by atoms with Crippen molar-refractivity contribution in [2.45, 2.75) is 20.0 Å². The minimum atomic E-state index is -0.286. The lowest BCUT2D eigenvalue weighted by atomic mass is 10.2. The van der Waals surface area contributed by atoms with E-state index in [9.17, 15) is 9.59 Å².